The van der Waals surface area contributed by atoms with E-state index in [1.165, 1.54) is 6.07 Å². The number of hydrogen-bond acceptors (Lipinski definition) is 5. The van der Waals surface area contributed by atoms with E-state index in [1.807, 2.05) is 11.0 Å². The number of aromatic nitrogens is 2. The van der Waals surface area contributed by atoms with Gasteiger partial charge in [-0.25, -0.2) is 14.4 Å². The van der Waals surface area contributed by atoms with E-state index in [2.05, 4.69) is 27.1 Å². The number of nitrogens with one attached hydrogen (secondary N) is 1. The van der Waals surface area contributed by atoms with Crippen molar-refractivity contribution < 1.29 is 9.18 Å². The van der Waals surface area contributed by atoms with Crippen LogP contribution in [0, 0.1) is 5.82 Å². The molecule has 1 N–H and O–H groups in total. The zero-order valence-corrected chi connectivity index (χ0v) is 15.7. The summed E-state index contributed by atoms with van der Waals surface area (Å²) in [6.45, 7) is 5.61. The van der Waals surface area contributed by atoms with Gasteiger partial charge in [-0.3, -0.25) is 4.79 Å². The van der Waals surface area contributed by atoms with Crippen LogP contribution in [0.2, 0.25) is 0 Å². The van der Waals surface area contributed by atoms with E-state index in [1.54, 1.807) is 24.5 Å². The maximum atomic E-state index is 13.9. The molecule has 3 rings (SSSR count). The van der Waals surface area contributed by atoms with Crippen molar-refractivity contribution >= 4 is 17.5 Å². The van der Waals surface area contributed by atoms with Crippen molar-refractivity contribution in [3.8, 4) is 0 Å². The van der Waals surface area contributed by atoms with Crippen molar-refractivity contribution in [1.82, 2.24) is 15.3 Å². The second-order valence-corrected chi connectivity index (χ2v) is 6.66. The maximum Gasteiger partial charge on any atom is 0.254 e. The molecule has 0 saturated carbocycles. The molecule has 27 heavy (non-hydrogen) atoms. The highest BCUT2D eigenvalue weighted by Gasteiger charge is 2.21. The van der Waals surface area contributed by atoms with Crippen molar-refractivity contribution in [2.45, 2.75) is 26.2 Å². The highest BCUT2D eigenvalue weighted by Crippen LogP contribution is 2.21. The smallest absolute Gasteiger partial charge is 0.254 e. The maximum absolute atomic E-state index is 13.9. The molecule has 7 heteroatoms. The molecule has 1 saturated heterocycles. The highest BCUT2D eigenvalue weighted by molar-refractivity contribution is 5.93. The molecular weight excluding hydrogens is 345 g/mol. The molecular formula is C20H26FN5O. The Morgan fingerprint density at radius 2 is 1.74 bits per heavy atom. The SMILES string of the molecule is CCCCCNC(=O)c1cnc(N2CCN(c3ccccc3F)CC2)nc1. The topological polar surface area (TPSA) is 61.4 Å². The summed E-state index contributed by atoms with van der Waals surface area (Å²) in [6.07, 6.45) is 6.35. The number of unbranched alkanes of at least 4 members (excludes halogenated alkanes) is 2. The third kappa shape index (κ3) is 4.93. The van der Waals surface area contributed by atoms with Gasteiger partial charge in [-0.05, 0) is 18.6 Å². The van der Waals surface area contributed by atoms with Gasteiger partial charge in [0.1, 0.15) is 5.82 Å². The molecule has 0 radical (unpaired) electrons. The molecule has 2 aromatic rings. The predicted molar refractivity (Wildman–Crippen MR) is 105 cm³/mol. The van der Waals surface area contributed by atoms with Crippen LogP contribution in [0.1, 0.15) is 36.5 Å². The Kier molecular flexibility index (Phi) is 6.57. The zero-order chi connectivity index (χ0) is 19.1. The van der Waals surface area contributed by atoms with Crippen LogP contribution in [0.25, 0.3) is 0 Å². The van der Waals surface area contributed by atoms with Gasteiger partial charge < -0.3 is 15.1 Å². The van der Waals surface area contributed by atoms with Gasteiger partial charge in [0.15, 0.2) is 0 Å². The molecule has 0 spiro atoms. The Morgan fingerprint density at radius 3 is 2.41 bits per heavy atom. The lowest BCUT2D eigenvalue weighted by Gasteiger charge is -2.36. The normalized spacial score (nSPS) is 14.3. The number of benzene rings is 1. The fraction of sp³-hybridized carbons (Fsp3) is 0.450. The van der Waals surface area contributed by atoms with Crippen LogP contribution in [-0.4, -0.2) is 48.6 Å². The summed E-state index contributed by atoms with van der Waals surface area (Å²) in [5, 5.41) is 2.89. The summed E-state index contributed by atoms with van der Waals surface area (Å²) >= 11 is 0. The van der Waals surface area contributed by atoms with E-state index in [0.29, 0.717) is 49.9 Å². The molecule has 1 amide bonds. The van der Waals surface area contributed by atoms with Gasteiger partial charge in [0.05, 0.1) is 11.3 Å². The first kappa shape index (κ1) is 19.1. The lowest BCUT2D eigenvalue weighted by molar-refractivity contribution is 0.0952. The molecule has 1 aromatic carbocycles. The number of para-hydroxylation sites is 1. The van der Waals surface area contributed by atoms with Crippen LogP contribution in [0.15, 0.2) is 36.7 Å². The Hall–Kier alpha value is -2.70. The van der Waals surface area contributed by atoms with Gasteiger partial charge in [0.2, 0.25) is 5.95 Å². The molecule has 1 fully saturated rings. The van der Waals surface area contributed by atoms with Crippen LogP contribution in [0.4, 0.5) is 16.0 Å². The summed E-state index contributed by atoms with van der Waals surface area (Å²) in [4.78, 5) is 24.9. The van der Waals surface area contributed by atoms with E-state index in [4.69, 9.17) is 0 Å². The second-order valence-electron chi connectivity index (χ2n) is 6.66. The minimum Gasteiger partial charge on any atom is -0.366 e. The molecule has 0 unspecified atom stereocenters. The van der Waals surface area contributed by atoms with Gasteiger partial charge in [0, 0.05) is 45.1 Å². The van der Waals surface area contributed by atoms with Crippen LogP contribution < -0.4 is 15.1 Å². The predicted octanol–water partition coefficient (Wildman–Crippen LogP) is 2.86. The molecule has 1 aliphatic rings. The van der Waals surface area contributed by atoms with Crippen molar-refractivity contribution in [3.05, 3.63) is 48.0 Å². The molecule has 1 aliphatic heterocycles. The van der Waals surface area contributed by atoms with Crippen molar-refractivity contribution in [2.75, 3.05) is 42.5 Å². The number of carbonyl (C=O) groups excluding carboxylic acids is 1. The monoisotopic (exact) mass is 371 g/mol. The molecule has 0 bridgehead atoms. The number of rotatable bonds is 7. The minimum absolute atomic E-state index is 0.137. The molecule has 6 nitrogen and oxygen atoms in total. The molecule has 0 aliphatic carbocycles. The first-order chi connectivity index (χ1) is 13.2. The largest absolute Gasteiger partial charge is 0.366 e. The third-order valence-corrected chi connectivity index (χ3v) is 4.72. The minimum atomic E-state index is -0.198. The fourth-order valence-electron chi connectivity index (χ4n) is 3.14. The number of halogens is 1. The zero-order valence-electron chi connectivity index (χ0n) is 15.7. The van der Waals surface area contributed by atoms with Gasteiger partial charge in [-0.1, -0.05) is 31.9 Å². The third-order valence-electron chi connectivity index (χ3n) is 4.72. The van der Waals surface area contributed by atoms with Crippen molar-refractivity contribution in [3.63, 3.8) is 0 Å². The van der Waals surface area contributed by atoms with E-state index in [9.17, 15) is 9.18 Å². The summed E-state index contributed by atoms with van der Waals surface area (Å²) in [6, 6.07) is 6.83. The first-order valence-electron chi connectivity index (χ1n) is 9.53. The highest BCUT2D eigenvalue weighted by atomic mass is 19.1. The Labute approximate surface area is 159 Å². The lowest BCUT2D eigenvalue weighted by atomic mass is 10.2. The summed E-state index contributed by atoms with van der Waals surface area (Å²) in [5.74, 6) is 0.268. The summed E-state index contributed by atoms with van der Waals surface area (Å²) in [7, 11) is 0. The van der Waals surface area contributed by atoms with Gasteiger partial charge in [-0.2, -0.15) is 0 Å². The first-order valence-corrected chi connectivity index (χ1v) is 9.53. The van der Waals surface area contributed by atoms with Crippen LogP contribution in [0.3, 0.4) is 0 Å². The number of amides is 1. The van der Waals surface area contributed by atoms with Gasteiger partial charge in [0.25, 0.3) is 5.91 Å². The molecule has 144 valence electrons. The Morgan fingerprint density at radius 1 is 1.07 bits per heavy atom. The number of hydrogen-bond donors (Lipinski definition) is 1. The van der Waals surface area contributed by atoms with Crippen LogP contribution in [0.5, 0.6) is 0 Å². The number of carbonyl (C=O) groups is 1. The second kappa shape index (κ2) is 9.30. The number of nitrogens with zero attached hydrogens (tertiary/aromatic N) is 4. The number of anilines is 2. The molecule has 0 atom stereocenters. The van der Waals surface area contributed by atoms with Crippen molar-refractivity contribution in [2.24, 2.45) is 0 Å². The summed E-state index contributed by atoms with van der Waals surface area (Å²) in [5.41, 5.74) is 1.11. The van der Waals surface area contributed by atoms with Gasteiger partial charge in [-0.15, -0.1) is 0 Å². The van der Waals surface area contributed by atoms with Gasteiger partial charge >= 0.3 is 0 Å². The van der Waals surface area contributed by atoms with E-state index in [0.717, 1.165) is 19.3 Å². The van der Waals surface area contributed by atoms with E-state index >= 15 is 0 Å². The standard InChI is InChI=1S/C20H26FN5O/c1-2-3-6-9-22-19(27)16-14-23-20(24-15-16)26-12-10-25(11-13-26)18-8-5-4-7-17(18)21/h4-5,7-8,14-15H,2-3,6,9-13H2,1H3,(H,22,27). The van der Waals surface area contributed by atoms with E-state index < -0.39 is 0 Å². The average molecular weight is 371 g/mol. The lowest BCUT2D eigenvalue weighted by Crippen LogP contribution is -2.47. The average Bonchev–Trinajstić information content (AvgIpc) is 2.72. The number of piperazine rings is 1. The quantitative estimate of drug-likeness (QED) is 0.759. The Bertz CT molecular complexity index is 744. The molecule has 1 aromatic heterocycles. The Balaban J connectivity index is 1.53. The van der Waals surface area contributed by atoms with Crippen LogP contribution >= 0.6 is 0 Å². The van der Waals surface area contributed by atoms with Crippen molar-refractivity contribution in [1.29, 1.82) is 0 Å². The van der Waals surface area contributed by atoms with Crippen LogP contribution in [-0.2, 0) is 0 Å². The fourth-order valence-corrected chi connectivity index (χ4v) is 3.14. The van der Waals surface area contributed by atoms with E-state index in [-0.39, 0.29) is 11.7 Å². The molecule has 2 heterocycles. The summed E-state index contributed by atoms with van der Waals surface area (Å²) < 4.78 is 13.9.